The minimum Gasteiger partial charge on any atom is -0.497 e. The van der Waals surface area contributed by atoms with Gasteiger partial charge in [0.05, 0.1) is 19.6 Å². The van der Waals surface area contributed by atoms with Crippen LogP contribution in [0.4, 0.5) is 4.39 Å². The van der Waals surface area contributed by atoms with Crippen LogP contribution in [0.25, 0.3) is 0 Å². The third kappa shape index (κ3) is 4.19. The summed E-state index contributed by atoms with van der Waals surface area (Å²) < 4.78 is 19.1. The van der Waals surface area contributed by atoms with Gasteiger partial charge in [-0.15, -0.1) is 0 Å². The van der Waals surface area contributed by atoms with Gasteiger partial charge in [-0.1, -0.05) is 6.07 Å². The molecule has 1 atom stereocenters. The monoisotopic (exact) mass is 323 g/mol. The molecule has 0 spiro atoms. The Hall–Kier alpha value is -2.15. The number of hydrogen-bond donors (Lipinski definition) is 1. The van der Waals surface area contributed by atoms with Gasteiger partial charge in [-0.05, 0) is 6.07 Å². The molecule has 1 unspecified atom stereocenters. The second-order valence-electron chi connectivity index (χ2n) is 5.73. The molecule has 1 N–H and O–H groups in total. The molecule has 7 heteroatoms. The topological polar surface area (TPSA) is 61.9 Å². The smallest absolute Gasteiger partial charge is 0.237 e. The van der Waals surface area contributed by atoms with Gasteiger partial charge in [0.25, 0.3) is 0 Å². The minimum atomic E-state index is -0.583. The molecule has 2 rings (SSSR count). The summed E-state index contributed by atoms with van der Waals surface area (Å²) in [5, 5.41) is 2.76. The normalized spacial score (nSPS) is 18.4. The van der Waals surface area contributed by atoms with Crippen LogP contribution in [0.1, 0.15) is 12.0 Å². The number of nitrogens with one attached hydrogen (secondary N) is 1. The highest BCUT2D eigenvalue weighted by Crippen LogP contribution is 2.20. The van der Waals surface area contributed by atoms with E-state index in [2.05, 4.69) is 5.32 Å². The van der Waals surface area contributed by atoms with Crippen molar-refractivity contribution in [2.24, 2.45) is 0 Å². The summed E-state index contributed by atoms with van der Waals surface area (Å²) in [7, 11) is 4.78. The first kappa shape index (κ1) is 17.2. The highest BCUT2D eigenvalue weighted by Gasteiger charge is 2.32. The molecule has 0 bridgehead atoms. The van der Waals surface area contributed by atoms with Gasteiger partial charge >= 0.3 is 0 Å². The maximum absolute atomic E-state index is 14.1. The predicted octanol–water partition coefficient (Wildman–Crippen LogP) is 0.613. The van der Waals surface area contributed by atoms with E-state index < -0.39 is 6.04 Å². The Labute approximate surface area is 135 Å². The molecule has 0 aliphatic carbocycles. The van der Waals surface area contributed by atoms with Crippen molar-refractivity contribution in [2.75, 3.05) is 34.3 Å². The summed E-state index contributed by atoms with van der Waals surface area (Å²) in [4.78, 5) is 27.3. The highest BCUT2D eigenvalue weighted by atomic mass is 19.1. The van der Waals surface area contributed by atoms with Crippen LogP contribution in [0.15, 0.2) is 18.2 Å². The van der Waals surface area contributed by atoms with Gasteiger partial charge in [0.15, 0.2) is 0 Å². The van der Waals surface area contributed by atoms with Crippen LogP contribution in [0.2, 0.25) is 0 Å². The zero-order chi connectivity index (χ0) is 17.0. The van der Waals surface area contributed by atoms with Gasteiger partial charge < -0.3 is 15.0 Å². The van der Waals surface area contributed by atoms with Crippen LogP contribution < -0.4 is 10.1 Å². The fraction of sp³-hybridized carbons (Fsp3) is 0.500. The van der Waals surface area contributed by atoms with Gasteiger partial charge in [-0.25, -0.2) is 4.39 Å². The van der Waals surface area contributed by atoms with Gasteiger partial charge in [-0.3, -0.25) is 14.5 Å². The van der Waals surface area contributed by atoms with Crippen molar-refractivity contribution in [1.82, 2.24) is 15.1 Å². The molecule has 126 valence electrons. The number of benzene rings is 1. The van der Waals surface area contributed by atoms with E-state index in [1.807, 2.05) is 4.90 Å². The quantitative estimate of drug-likeness (QED) is 0.863. The van der Waals surface area contributed by atoms with Crippen molar-refractivity contribution in [2.45, 2.75) is 19.0 Å². The number of ether oxygens (including phenoxy) is 1. The molecule has 0 aromatic heterocycles. The number of piperazine rings is 1. The largest absolute Gasteiger partial charge is 0.497 e. The third-order valence-corrected chi connectivity index (χ3v) is 3.94. The average molecular weight is 323 g/mol. The number of halogens is 1. The summed E-state index contributed by atoms with van der Waals surface area (Å²) in [6.07, 6.45) is 0.0800. The molecule has 23 heavy (non-hydrogen) atoms. The Bertz CT molecular complexity index is 592. The minimum absolute atomic E-state index is 0.0800. The van der Waals surface area contributed by atoms with Crippen LogP contribution in [0.5, 0.6) is 5.75 Å². The molecule has 1 aliphatic rings. The number of rotatable bonds is 5. The molecule has 1 aliphatic heterocycles. The first-order valence-corrected chi connectivity index (χ1v) is 7.46. The lowest BCUT2D eigenvalue weighted by molar-refractivity contribution is -0.137. The molecule has 1 aromatic carbocycles. The van der Waals surface area contributed by atoms with Crippen molar-refractivity contribution in [1.29, 1.82) is 0 Å². The molecule has 2 amide bonds. The maximum atomic E-state index is 14.1. The summed E-state index contributed by atoms with van der Waals surface area (Å²) in [5.41, 5.74) is 0.475. The maximum Gasteiger partial charge on any atom is 0.237 e. The third-order valence-electron chi connectivity index (χ3n) is 3.94. The lowest BCUT2D eigenvalue weighted by atomic mass is 10.1. The summed E-state index contributed by atoms with van der Waals surface area (Å²) >= 11 is 0. The highest BCUT2D eigenvalue weighted by molar-refractivity contribution is 5.88. The van der Waals surface area contributed by atoms with E-state index in [1.165, 1.54) is 18.1 Å². The van der Waals surface area contributed by atoms with E-state index >= 15 is 0 Å². The van der Waals surface area contributed by atoms with Crippen LogP contribution in [0.3, 0.4) is 0 Å². The van der Waals surface area contributed by atoms with Crippen molar-refractivity contribution in [3.8, 4) is 5.75 Å². The molecule has 0 saturated carbocycles. The van der Waals surface area contributed by atoms with E-state index in [0.29, 0.717) is 24.4 Å². The predicted molar refractivity (Wildman–Crippen MR) is 83.5 cm³/mol. The molecular weight excluding hydrogens is 301 g/mol. The molecule has 6 nitrogen and oxygen atoms in total. The summed E-state index contributed by atoms with van der Waals surface area (Å²) in [5.74, 6) is -0.261. The van der Waals surface area contributed by atoms with Crippen LogP contribution in [-0.2, 0) is 16.1 Å². The summed E-state index contributed by atoms with van der Waals surface area (Å²) in [6.45, 7) is 1.33. The number of methoxy groups -OCH3 is 1. The number of hydrogen-bond acceptors (Lipinski definition) is 4. The van der Waals surface area contributed by atoms with Crippen LogP contribution in [0, 0.1) is 5.82 Å². The lowest BCUT2D eigenvalue weighted by Gasteiger charge is -2.35. The Morgan fingerprint density at radius 3 is 2.83 bits per heavy atom. The van der Waals surface area contributed by atoms with Gasteiger partial charge in [-0.2, -0.15) is 0 Å². The standard InChI is InChI=1S/C16H22FN3O3/c1-19(2)15(21)9-14-16(22)18-6-7-20(14)10-11-4-5-12(23-3)8-13(11)17/h4-5,8,14H,6-7,9-10H2,1-3H3,(H,18,22). The van der Waals surface area contributed by atoms with Crippen LogP contribution in [-0.4, -0.2) is 62.0 Å². The zero-order valence-corrected chi connectivity index (χ0v) is 13.6. The Morgan fingerprint density at radius 1 is 1.48 bits per heavy atom. The number of amides is 2. The van der Waals surface area contributed by atoms with Crippen molar-refractivity contribution in [3.05, 3.63) is 29.6 Å². The van der Waals surface area contributed by atoms with Gasteiger partial charge in [0.1, 0.15) is 11.6 Å². The first-order valence-electron chi connectivity index (χ1n) is 7.46. The van der Waals surface area contributed by atoms with E-state index in [9.17, 15) is 14.0 Å². The molecule has 1 aromatic rings. The summed E-state index contributed by atoms with van der Waals surface area (Å²) in [6, 6.07) is 4.06. The SMILES string of the molecule is COc1ccc(CN2CCNC(=O)C2CC(=O)N(C)C)c(F)c1. The Balaban J connectivity index is 2.15. The average Bonchev–Trinajstić information content (AvgIpc) is 2.52. The van der Waals surface area contributed by atoms with E-state index in [1.54, 1.807) is 26.2 Å². The Morgan fingerprint density at radius 2 is 2.22 bits per heavy atom. The molecular formula is C16H22FN3O3. The fourth-order valence-corrected chi connectivity index (χ4v) is 2.52. The number of nitrogens with zero attached hydrogens (tertiary/aromatic N) is 2. The Kier molecular flexibility index (Phi) is 5.54. The van der Waals surface area contributed by atoms with Gasteiger partial charge in [0, 0.05) is 45.4 Å². The second-order valence-corrected chi connectivity index (χ2v) is 5.73. The zero-order valence-electron chi connectivity index (χ0n) is 13.6. The van der Waals surface area contributed by atoms with Crippen molar-refractivity contribution in [3.63, 3.8) is 0 Å². The second kappa shape index (κ2) is 7.41. The van der Waals surface area contributed by atoms with E-state index in [4.69, 9.17) is 4.74 Å². The molecule has 1 heterocycles. The fourth-order valence-electron chi connectivity index (χ4n) is 2.52. The van der Waals surface area contributed by atoms with Crippen molar-refractivity contribution >= 4 is 11.8 Å². The number of carbonyl (C=O) groups is 2. The van der Waals surface area contributed by atoms with Gasteiger partial charge in [0.2, 0.25) is 11.8 Å². The first-order chi connectivity index (χ1) is 10.9. The van der Waals surface area contributed by atoms with Crippen LogP contribution >= 0.6 is 0 Å². The van der Waals surface area contributed by atoms with E-state index in [-0.39, 0.29) is 30.6 Å². The molecule has 0 radical (unpaired) electrons. The lowest BCUT2D eigenvalue weighted by Crippen LogP contribution is -2.56. The van der Waals surface area contributed by atoms with Crippen molar-refractivity contribution < 1.29 is 18.7 Å². The molecule has 1 fully saturated rings. The number of carbonyl (C=O) groups excluding carboxylic acids is 2. The van der Waals surface area contributed by atoms with E-state index in [0.717, 1.165) is 0 Å². The molecule has 1 saturated heterocycles.